The lowest BCUT2D eigenvalue weighted by atomic mass is 9.87. The van der Waals surface area contributed by atoms with E-state index in [1.54, 1.807) is 18.2 Å². The lowest BCUT2D eigenvalue weighted by Crippen LogP contribution is -2.19. The van der Waals surface area contributed by atoms with Gasteiger partial charge >= 0.3 is 0 Å². The second-order valence-corrected chi connectivity index (χ2v) is 5.08. The molecule has 0 saturated carbocycles. The van der Waals surface area contributed by atoms with Crippen LogP contribution in [0.15, 0.2) is 36.4 Å². The molecule has 22 heavy (non-hydrogen) atoms. The van der Waals surface area contributed by atoms with E-state index in [2.05, 4.69) is 5.32 Å². The van der Waals surface area contributed by atoms with Crippen LogP contribution in [0.5, 0.6) is 17.2 Å². The van der Waals surface area contributed by atoms with Crippen molar-refractivity contribution in [3.05, 3.63) is 53.1 Å². The van der Waals surface area contributed by atoms with Gasteiger partial charge in [-0.3, -0.25) is 0 Å². The number of aliphatic hydroxyl groups is 1. The van der Waals surface area contributed by atoms with Crippen LogP contribution >= 0.6 is 0 Å². The predicted octanol–water partition coefficient (Wildman–Crippen LogP) is 1.95. The third kappa shape index (κ3) is 3.32. The van der Waals surface area contributed by atoms with Crippen molar-refractivity contribution < 1.29 is 20.1 Å². The highest BCUT2D eigenvalue weighted by molar-refractivity contribution is 5.50. The molecule has 118 valence electrons. The molecule has 0 heterocycles. The molecule has 0 saturated heterocycles. The van der Waals surface area contributed by atoms with E-state index in [0.29, 0.717) is 17.9 Å². The monoisotopic (exact) mass is 303 g/mol. The third-order valence-corrected chi connectivity index (χ3v) is 3.69. The highest BCUT2D eigenvalue weighted by atomic mass is 16.5. The van der Waals surface area contributed by atoms with Crippen LogP contribution in [0.3, 0.4) is 0 Å². The molecule has 0 fully saturated rings. The smallest absolute Gasteiger partial charge is 0.160 e. The molecule has 0 aliphatic heterocycles. The van der Waals surface area contributed by atoms with Gasteiger partial charge in [-0.2, -0.15) is 0 Å². The van der Waals surface area contributed by atoms with Crippen molar-refractivity contribution in [1.29, 1.82) is 0 Å². The third-order valence-electron chi connectivity index (χ3n) is 3.69. The number of hydrogen-bond donors (Lipinski definition) is 4. The molecule has 0 unspecified atom stereocenters. The Hall–Kier alpha value is -2.24. The number of ether oxygens (including phenoxy) is 1. The molecule has 2 aromatic carbocycles. The number of nitrogens with one attached hydrogen (secondary N) is 1. The van der Waals surface area contributed by atoms with Gasteiger partial charge in [-0.15, -0.1) is 0 Å². The fourth-order valence-corrected chi connectivity index (χ4v) is 2.57. The highest BCUT2D eigenvalue weighted by Gasteiger charge is 2.19. The Morgan fingerprint density at radius 2 is 1.82 bits per heavy atom. The van der Waals surface area contributed by atoms with E-state index in [0.717, 1.165) is 11.1 Å². The van der Waals surface area contributed by atoms with Crippen LogP contribution in [-0.4, -0.2) is 36.0 Å². The summed E-state index contributed by atoms with van der Waals surface area (Å²) in [6.45, 7) is 0.469. The van der Waals surface area contributed by atoms with Crippen LogP contribution in [0.2, 0.25) is 0 Å². The average molecular weight is 303 g/mol. The van der Waals surface area contributed by atoms with Gasteiger partial charge in [0.1, 0.15) is 5.75 Å². The first-order chi connectivity index (χ1) is 10.6. The maximum absolute atomic E-state index is 9.88. The second-order valence-electron chi connectivity index (χ2n) is 5.08. The van der Waals surface area contributed by atoms with E-state index < -0.39 is 0 Å². The summed E-state index contributed by atoms with van der Waals surface area (Å²) in [7, 11) is 3.34. The first-order valence-electron chi connectivity index (χ1n) is 7.04. The Balaban J connectivity index is 2.54. The quantitative estimate of drug-likeness (QED) is 0.656. The Morgan fingerprint density at radius 1 is 1.14 bits per heavy atom. The van der Waals surface area contributed by atoms with E-state index >= 15 is 0 Å². The van der Waals surface area contributed by atoms with Gasteiger partial charge in [-0.25, -0.2) is 0 Å². The zero-order valence-corrected chi connectivity index (χ0v) is 12.7. The van der Waals surface area contributed by atoms with Crippen LogP contribution in [0.1, 0.15) is 22.6 Å². The Labute approximate surface area is 129 Å². The number of benzene rings is 2. The Kier molecular flexibility index (Phi) is 5.25. The van der Waals surface area contributed by atoms with Gasteiger partial charge in [0, 0.05) is 12.5 Å². The summed E-state index contributed by atoms with van der Waals surface area (Å²) in [6, 6.07) is 10.2. The summed E-state index contributed by atoms with van der Waals surface area (Å²) in [5, 5.41) is 32.1. The summed E-state index contributed by atoms with van der Waals surface area (Å²) < 4.78 is 5.18. The van der Waals surface area contributed by atoms with Crippen molar-refractivity contribution in [3.63, 3.8) is 0 Å². The highest BCUT2D eigenvalue weighted by Crippen LogP contribution is 2.36. The van der Waals surface area contributed by atoms with E-state index in [4.69, 9.17) is 4.74 Å². The SMILES string of the molecule is CNC[C@@H](c1ccc(O)cc1)c1cc(OC)c(O)cc1CO. The minimum atomic E-state index is -0.175. The number of aromatic hydroxyl groups is 2. The van der Waals surface area contributed by atoms with E-state index in [1.165, 1.54) is 13.2 Å². The van der Waals surface area contributed by atoms with E-state index in [9.17, 15) is 15.3 Å². The minimum absolute atomic E-state index is 0.00390. The van der Waals surface area contributed by atoms with Crippen molar-refractivity contribution in [3.8, 4) is 17.2 Å². The number of hydrogen-bond acceptors (Lipinski definition) is 5. The van der Waals surface area contributed by atoms with E-state index in [-0.39, 0.29) is 24.0 Å². The predicted molar refractivity (Wildman–Crippen MR) is 84.5 cm³/mol. The zero-order chi connectivity index (χ0) is 16.1. The van der Waals surface area contributed by atoms with Crippen molar-refractivity contribution >= 4 is 0 Å². The Bertz CT molecular complexity index is 625. The van der Waals surface area contributed by atoms with Crippen LogP contribution in [0.25, 0.3) is 0 Å². The topological polar surface area (TPSA) is 82.0 Å². The standard InChI is InChI=1S/C17H21NO4/c1-18-9-15(11-3-5-13(20)6-4-11)14-8-17(22-2)16(21)7-12(14)10-19/h3-8,15,18-21H,9-10H2,1-2H3/t15-/m0/s1. The lowest BCUT2D eigenvalue weighted by Gasteiger charge is -2.22. The molecule has 0 radical (unpaired) electrons. The average Bonchev–Trinajstić information content (AvgIpc) is 2.53. The molecule has 5 heteroatoms. The van der Waals surface area contributed by atoms with Gasteiger partial charge in [0.25, 0.3) is 0 Å². The fourth-order valence-electron chi connectivity index (χ4n) is 2.57. The van der Waals surface area contributed by atoms with Crippen LogP contribution in [-0.2, 0) is 6.61 Å². The van der Waals surface area contributed by atoms with Gasteiger partial charge in [0.15, 0.2) is 11.5 Å². The second kappa shape index (κ2) is 7.15. The van der Waals surface area contributed by atoms with Crippen LogP contribution < -0.4 is 10.1 Å². The fraction of sp³-hybridized carbons (Fsp3) is 0.294. The number of likely N-dealkylation sites (N-methyl/N-ethyl adjacent to an activating group) is 1. The zero-order valence-electron chi connectivity index (χ0n) is 12.7. The van der Waals surface area contributed by atoms with Gasteiger partial charge in [0.2, 0.25) is 0 Å². The summed E-state index contributed by atoms with van der Waals surface area (Å²) in [4.78, 5) is 0. The first kappa shape index (κ1) is 16.1. The largest absolute Gasteiger partial charge is 0.508 e. The Morgan fingerprint density at radius 3 is 2.36 bits per heavy atom. The lowest BCUT2D eigenvalue weighted by molar-refractivity contribution is 0.278. The summed E-state index contributed by atoms with van der Waals surface area (Å²) in [6.07, 6.45) is 0. The van der Waals surface area contributed by atoms with Crippen molar-refractivity contribution in [2.45, 2.75) is 12.5 Å². The number of phenols is 2. The normalized spacial score (nSPS) is 12.1. The molecular formula is C17H21NO4. The molecule has 0 spiro atoms. The molecule has 0 aromatic heterocycles. The maximum atomic E-state index is 9.88. The number of phenolic OH excluding ortho intramolecular Hbond substituents is 2. The molecule has 1 atom stereocenters. The minimum Gasteiger partial charge on any atom is -0.508 e. The summed E-state index contributed by atoms with van der Waals surface area (Å²) in [5.41, 5.74) is 2.51. The van der Waals surface area contributed by atoms with Gasteiger partial charge < -0.3 is 25.4 Å². The first-order valence-corrected chi connectivity index (χ1v) is 7.04. The molecule has 5 nitrogen and oxygen atoms in total. The summed E-state index contributed by atoms with van der Waals surface area (Å²) in [5.74, 6) is 0.538. The van der Waals surface area contributed by atoms with Crippen molar-refractivity contribution in [2.75, 3.05) is 20.7 Å². The molecular weight excluding hydrogens is 282 g/mol. The molecule has 0 aliphatic rings. The van der Waals surface area contributed by atoms with Gasteiger partial charge in [-0.1, -0.05) is 12.1 Å². The van der Waals surface area contributed by atoms with Crippen molar-refractivity contribution in [1.82, 2.24) is 5.32 Å². The molecule has 2 aromatic rings. The van der Waals surface area contributed by atoms with Crippen molar-refractivity contribution in [2.24, 2.45) is 0 Å². The molecule has 0 bridgehead atoms. The van der Waals surface area contributed by atoms with Crippen LogP contribution in [0, 0.1) is 0 Å². The molecule has 2 rings (SSSR count). The summed E-state index contributed by atoms with van der Waals surface area (Å²) >= 11 is 0. The molecule has 0 aliphatic carbocycles. The molecule has 4 N–H and O–H groups in total. The molecule has 0 amide bonds. The number of rotatable bonds is 6. The number of aliphatic hydroxyl groups excluding tert-OH is 1. The van der Waals surface area contributed by atoms with Gasteiger partial charge in [-0.05, 0) is 48.0 Å². The van der Waals surface area contributed by atoms with Crippen LogP contribution in [0.4, 0.5) is 0 Å². The van der Waals surface area contributed by atoms with Gasteiger partial charge in [0.05, 0.1) is 13.7 Å². The number of methoxy groups -OCH3 is 1. The maximum Gasteiger partial charge on any atom is 0.160 e. The van der Waals surface area contributed by atoms with E-state index in [1.807, 2.05) is 19.2 Å².